The molecule has 0 N–H and O–H groups in total. The number of aromatic nitrogens is 2. The van der Waals surface area contributed by atoms with Gasteiger partial charge in [0.15, 0.2) is 0 Å². The van der Waals surface area contributed by atoms with Gasteiger partial charge < -0.3 is 0 Å². The molecule has 0 amide bonds. The Kier molecular flexibility index (Phi) is 2.23. The van der Waals surface area contributed by atoms with Gasteiger partial charge in [-0.15, -0.1) is 0 Å². The largest absolute Gasteiger partial charge is 0.328 e. The van der Waals surface area contributed by atoms with Crippen LogP contribution in [0.4, 0.5) is 5.69 Å². The summed E-state index contributed by atoms with van der Waals surface area (Å²) < 4.78 is 2.74. The molecular formula is C9H8ClN3O3. The van der Waals surface area contributed by atoms with Crippen LogP contribution in [-0.2, 0) is 14.1 Å². The first-order valence-corrected chi connectivity index (χ1v) is 4.80. The lowest BCUT2D eigenvalue weighted by molar-refractivity contribution is -0.384. The van der Waals surface area contributed by atoms with Gasteiger partial charge in [-0.25, -0.2) is 4.79 Å². The fourth-order valence-electron chi connectivity index (χ4n) is 1.65. The standard InChI is InChI=1S/C9H8ClN3O3/c1-11-7-3-5(10)6(13(15)16)4-8(7)12(2)9(11)14/h3-4H,1-2H3. The number of rotatable bonds is 1. The summed E-state index contributed by atoms with van der Waals surface area (Å²) in [6, 6.07) is 2.73. The number of nitro benzene ring substituents is 1. The van der Waals surface area contributed by atoms with Gasteiger partial charge in [0.25, 0.3) is 5.69 Å². The highest BCUT2D eigenvalue weighted by molar-refractivity contribution is 6.33. The second-order valence-corrected chi connectivity index (χ2v) is 3.86. The van der Waals surface area contributed by atoms with Crippen LogP contribution < -0.4 is 5.69 Å². The van der Waals surface area contributed by atoms with Crippen molar-refractivity contribution in [3.8, 4) is 0 Å². The van der Waals surface area contributed by atoms with Crippen LogP contribution >= 0.6 is 11.6 Å². The van der Waals surface area contributed by atoms with E-state index in [1.807, 2.05) is 0 Å². The van der Waals surface area contributed by atoms with Gasteiger partial charge >= 0.3 is 5.69 Å². The topological polar surface area (TPSA) is 70.1 Å². The first kappa shape index (κ1) is 10.7. The fourth-order valence-corrected chi connectivity index (χ4v) is 1.88. The number of hydrogen-bond donors (Lipinski definition) is 0. The molecule has 84 valence electrons. The molecule has 6 nitrogen and oxygen atoms in total. The number of aryl methyl sites for hydroxylation is 2. The van der Waals surface area contributed by atoms with Crippen LogP contribution in [0, 0.1) is 10.1 Å². The Balaban J connectivity index is 2.96. The molecule has 0 spiro atoms. The fraction of sp³-hybridized carbons (Fsp3) is 0.222. The van der Waals surface area contributed by atoms with E-state index in [4.69, 9.17) is 11.6 Å². The SMILES string of the molecule is Cn1c(=O)n(C)c2cc([N+](=O)[O-])c(Cl)cc21. The number of benzene rings is 1. The molecule has 1 heterocycles. The van der Waals surface area contributed by atoms with Crippen molar-refractivity contribution in [1.29, 1.82) is 0 Å². The summed E-state index contributed by atoms with van der Waals surface area (Å²) in [5.74, 6) is 0. The summed E-state index contributed by atoms with van der Waals surface area (Å²) in [6.07, 6.45) is 0. The minimum atomic E-state index is -0.570. The third-order valence-electron chi connectivity index (χ3n) is 2.54. The first-order chi connectivity index (χ1) is 7.43. The van der Waals surface area contributed by atoms with Gasteiger partial charge in [0, 0.05) is 20.2 Å². The molecule has 7 heteroatoms. The van der Waals surface area contributed by atoms with Crippen molar-refractivity contribution in [2.75, 3.05) is 0 Å². The van der Waals surface area contributed by atoms with Crippen LogP contribution in [0.25, 0.3) is 11.0 Å². The lowest BCUT2D eigenvalue weighted by Crippen LogP contribution is -2.19. The van der Waals surface area contributed by atoms with Gasteiger partial charge in [-0.1, -0.05) is 11.6 Å². The van der Waals surface area contributed by atoms with E-state index in [1.54, 1.807) is 14.1 Å². The normalized spacial score (nSPS) is 10.9. The summed E-state index contributed by atoms with van der Waals surface area (Å²) in [5.41, 5.74) is 0.619. The van der Waals surface area contributed by atoms with Gasteiger partial charge in [0.2, 0.25) is 0 Å². The van der Waals surface area contributed by atoms with E-state index in [-0.39, 0.29) is 16.4 Å². The second kappa shape index (κ2) is 3.34. The molecule has 1 aromatic carbocycles. The Labute approximate surface area is 94.8 Å². The zero-order valence-corrected chi connectivity index (χ0v) is 9.35. The van der Waals surface area contributed by atoms with Crippen molar-refractivity contribution in [2.45, 2.75) is 0 Å². The van der Waals surface area contributed by atoms with Crippen molar-refractivity contribution in [3.63, 3.8) is 0 Å². The summed E-state index contributed by atoms with van der Waals surface area (Å²) in [5, 5.41) is 10.7. The average molecular weight is 242 g/mol. The van der Waals surface area contributed by atoms with Crippen LogP contribution in [0.15, 0.2) is 16.9 Å². The Bertz CT molecular complexity index is 656. The highest BCUT2D eigenvalue weighted by atomic mass is 35.5. The van der Waals surface area contributed by atoms with Gasteiger partial charge in [0.1, 0.15) is 5.02 Å². The molecule has 2 rings (SSSR count). The zero-order chi connectivity index (χ0) is 12.0. The van der Waals surface area contributed by atoms with Gasteiger partial charge in [0.05, 0.1) is 16.0 Å². The highest BCUT2D eigenvalue weighted by Gasteiger charge is 2.17. The third kappa shape index (κ3) is 1.30. The Morgan fingerprint density at radius 1 is 1.25 bits per heavy atom. The lowest BCUT2D eigenvalue weighted by atomic mass is 10.2. The predicted octanol–water partition coefficient (Wildman–Crippen LogP) is 1.44. The lowest BCUT2D eigenvalue weighted by Gasteiger charge is -1.97. The summed E-state index contributed by atoms with van der Waals surface area (Å²) >= 11 is 5.77. The molecule has 0 fully saturated rings. The summed E-state index contributed by atoms with van der Waals surface area (Å²) in [6.45, 7) is 0. The van der Waals surface area contributed by atoms with Gasteiger partial charge in [-0.2, -0.15) is 0 Å². The predicted molar refractivity (Wildman–Crippen MR) is 59.8 cm³/mol. The quantitative estimate of drug-likeness (QED) is 0.560. The molecule has 0 saturated carbocycles. The third-order valence-corrected chi connectivity index (χ3v) is 2.84. The van der Waals surface area contributed by atoms with E-state index in [0.29, 0.717) is 11.0 Å². The van der Waals surface area contributed by atoms with Crippen LogP contribution in [0.1, 0.15) is 0 Å². The van der Waals surface area contributed by atoms with Crippen LogP contribution in [0.5, 0.6) is 0 Å². The molecular weight excluding hydrogens is 234 g/mol. The molecule has 2 aromatic rings. The van der Waals surface area contributed by atoms with Crippen molar-refractivity contribution >= 4 is 28.3 Å². The van der Waals surface area contributed by atoms with Gasteiger partial charge in [-0.3, -0.25) is 19.2 Å². The average Bonchev–Trinajstić information content (AvgIpc) is 2.43. The van der Waals surface area contributed by atoms with E-state index in [9.17, 15) is 14.9 Å². The maximum atomic E-state index is 11.6. The first-order valence-electron chi connectivity index (χ1n) is 4.43. The Morgan fingerprint density at radius 2 is 1.75 bits per heavy atom. The number of fused-ring (bicyclic) bond motifs is 1. The zero-order valence-electron chi connectivity index (χ0n) is 8.60. The molecule has 0 radical (unpaired) electrons. The van der Waals surface area contributed by atoms with Crippen molar-refractivity contribution in [1.82, 2.24) is 9.13 Å². The maximum Gasteiger partial charge on any atom is 0.328 e. The number of halogens is 1. The molecule has 0 bridgehead atoms. The summed E-state index contributed by atoms with van der Waals surface area (Å²) in [4.78, 5) is 21.7. The van der Waals surface area contributed by atoms with E-state index >= 15 is 0 Å². The van der Waals surface area contributed by atoms with E-state index in [2.05, 4.69) is 0 Å². The number of nitro groups is 1. The van der Waals surface area contributed by atoms with E-state index in [1.165, 1.54) is 21.3 Å². The highest BCUT2D eigenvalue weighted by Crippen LogP contribution is 2.28. The molecule has 0 atom stereocenters. The molecule has 0 aliphatic carbocycles. The summed E-state index contributed by atoms with van der Waals surface area (Å²) in [7, 11) is 3.15. The Hall–Kier alpha value is -1.82. The number of imidazole rings is 1. The van der Waals surface area contributed by atoms with Crippen LogP contribution in [0.3, 0.4) is 0 Å². The van der Waals surface area contributed by atoms with Crippen LogP contribution in [-0.4, -0.2) is 14.1 Å². The minimum Gasteiger partial charge on any atom is -0.295 e. The number of nitrogens with zero attached hydrogens (tertiary/aromatic N) is 3. The van der Waals surface area contributed by atoms with Gasteiger partial charge in [-0.05, 0) is 6.07 Å². The monoisotopic (exact) mass is 241 g/mol. The van der Waals surface area contributed by atoms with Crippen LogP contribution in [0.2, 0.25) is 5.02 Å². The molecule has 0 unspecified atom stereocenters. The smallest absolute Gasteiger partial charge is 0.295 e. The van der Waals surface area contributed by atoms with Crippen molar-refractivity contribution in [2.24, 2.45) is 14.1 Å². The molecule has 0 aliphatic rings. The molecule has 16 heavy (non-hydrogen) atoms. The minimum absolute atomic E-state index is 0.0266. The van der Waals surface area contributed by atoms with Crippen molar-refractivity contribution < 1.29 is 4.92 Å². The van der Waals surface area contributed by atoms with E-state index < -0.39 is 4.92 Å². The Morgan fingerprint density at radius 3 is 2.25 bits per heavy atom. The molecule has 0 aliphatic heterocycles. The second-order valence-electron chi connectivity index (χ2n) is 3.45. The number of hydrogen-bond acceptors (Lipinski definition) is 3. The maximum absolute atomic E-state index is 11.6. The molecule has 0 saturated heterocycles. The van der Waals surface area contributed by atoms with Crippen molar-refractivity contribution in [3.05, 3.63) is 37.8 Å². The molecule has 1 aromatic heterocycles. The van der Waals surface area contributed by atoms with E-state index in [0.717, 1.165) is 0 Å².